The molecule has 0 aromatic carbocycles. The Balaban J connectivity index is 0. The number of hydrogen-bond donors (Lipinski definition) is 0. The number of rotatable bonds is 4. The maximum atomic E-state index is 10.4. The average Bonchev–Trinajstić information content (AvgIpc) is 2.05. The summed E-state index contributed by atoms with van der Waals surface area (Å²) >= 11 is 0. The molecule has 3 nitrogen and oxygen atoms in total. The second-order valence-corrected chi connectivity index (χ2v) is 3.30. The van der Waals surface area contributed by atoms with Gasteiger partial charge in [0.05, 0.1) is 6.61 Å². The predicted molar refractivity (Wildman–Crippen MR) is 60.3 cm³/mol. The van der Waals surface area contributed by atoms with Crippen molar-refractivity contribution in [2.24, 2.45) is 0 Å². The van der Waals surface area contributed by atoms with Gasteiger partial charge in [0.25, 0.3) is 0 Å². The fourth-order valence-electron chi connectivity index (χ4n) is 0.702. The van der Waals surface area contributed by atoms with Gasteiger partial charge in [-0.3, -0.25) is 0 Å². The van der Waals surface area contributed by atoms with Crippen molar-refractivity contribution in [1.82, 2.24) is 4.90 Å². The average molecular weight is 201 g/mol. The molecular weight excluding hydrogens is 178 g/mol. The van der Waals surface area contributed by atoms with Gasteiger partial charge in [0, 0.05) is 5.57 Å². The van der Waals surface area contributed by atoms with E-state index in [1.54, 1.807) is 13.8 Å². The minimum Gasteiger partial charge on any atom is -0.463 e. The van der Waals surface area contributed by atoms with E-state index in [4.69, 9.17) is 0 Å². The van der Waals surface area contributed by atoms with E-state index in [0.29, 0.717) is 12.2 Å². The van der Waals surface area contributed by atoms with Gasteiger partial charge < -0.3 is 9.64 Å². The first-order valence-electron chi connectivity index (χ1n) is 4.93. The molecule has 84 valence electrons. The molecule has 0 unspecified atom stereocenters. The molecule has 0 aliphatic carbocycles. The van der Waals surface area contributed by atoms with Crippen molar-refractivity contribution in [3.63, 3.8) is 0 Å². The zero-order chi connectivity index (χ0) is 11.6. The monoisotopic (exact) mass is 201 g/mol. The van der Waals surface area contributed by atoms with Crippen LogP contribution in [0, 0.1) is 0 Å². The largest absolute Gasteiger partial charge is 0.463 e. The second-order valence-electron chi connectivity index (χ2n) is 3.30. The number of carbonyl (C=O) groups excluding carboxylic acids is 1. The van der Waals surface area contributed by atoms with Crippen LogP contribution in [0.25, 0.3) is 0 Å². The van der Waals surface area contributed by atoms with Gasteiger partial charge in [-0.25, -0.2) is 4.79 Å². The fraction of sp³-hybridized carbons (Fsp3) is 0.727. The van der Waals surface area contributed by atoms with Gasteiger partial charge in [-0.15, -0.1) is 0 Å². The smallest absolute Gasteiger partial charge is 0.333 e. The fourth-order valence-corrected chi connectivity index (χ4v) is 0.702. The number of hydrogen-bond acceptors (Lipinski definition) is 3. The highest BCUT2D eigenvalue weighted by molar-refractivity contribution is 5.86. The number of esters is 1. The van der Waals surface area contributed by atoms with Gasteiger partial charge in [-0.2, -0.15) is 0 Å². The minimum absolute atomic E-state index is 0.312. The van der Waals surface area contributed by atoms with Gasteiger partial charge in [0.1, 0.15) is 0 Å². The van der Waals surface area contributed by atoms with E-state index in [9.17, 15) is 4.79 Å². The molecule has 14 heavy (non-hydrogen) atoms. The first-order chi connectivity index (χ1) is 6.45. The van der Waals surface area contributed by atoms with E-state index >= 15 is 0 Å². The van der Waals surface area contributed by atoms with Crippen molar-refractivity contribution in [2.45, 2.75) is 27.2 Å². The van der Waals surface area contributed by atoms with E-state index in [2.05, 4.69) is 37.2 Å². The summed E-state index contributed by atoms with van der Waals surface area (Å²) in [6.07, 6.45) is 1.26. The van der Waals surface area contributed by atoms with E-state index in [-0.39, 0.29) is 5.97 Å². The van der Waals surface area contributed by atoms with E-state index < -0.39 is 0 Å². The quantitative estimate of drug-likeness (QED) is 0.515. The highest BCUT2D eigenvalue weighted by Gasteiger charge is 1.98. The Hall–Kier alpha value is -0.830. The highest BCUT2D eigenvalue weighted by atomic mass is 16.5. The standard InChI is InChI=1S/C6H10O2.C5H13N/c1-4-8-6(7)5(2)3;1-4-5-6(2)3/h2,4H2,1,3H3;4-5H2,1-3H3. The Bertz CT molecular complexity index is 165. The van der Waals surface area contributed by atoms with Crippen molar-refractivity contribution >= 4 is 5.97 Å². The molecule has 0 atom stereocenters. The van der Waals surface area contributed by atoms with Gasteiger partial charge in [-0.05, 0) is 40.9 Å². The predicted octanol–water partition coefficient (Wildman–Crippen LogP) is 2.08. The molecule has 0 aliphatic heterocycles. The molecule has 0 radical (unpaired) electrons. The maximum Gasteiger partial charge on any atom is 0.333 e. The van der Waals surface area contributed by atoms with Gasteiger partial charge >= 0.3 is 5.97 Å². The molecule has 0 saturated carbocycles. The van der Waals surface area contributed by atoms with Crippen LogP contribution < -0.4 is 0 Å². The zero-order valence-electron chi connectivity index (χ0n) is 10.1. The summed E-state index contributed by atoms with van der Waals surface area (Å²) in [5, 5.41) is 0. The molecule has 0 saturated heterocycles. The third kappa shape index (κ3) is 13.7. The molecule has 0 aliphatic rings. The number of carbonyl (C=O) groups is 1. The van der Waals surface area contributed by atoms with Crippen molar-refractivity contribution in [2.75, 3.05) is 27.2 Å². The molecule has 0 rings (SSSR count). The Morgan fingerprint density at radius 2 is 1.86 bits per heavy atom. The number of nitrogens with zero attached hydrogens (tertiary/aromatic N) is 1. The molecule has 0 aromatic heterocycles. The lowest BCUT2D eigenvalue weighted by molar-refractivity contribution is -0.138. The maximum absolute atomic E-state index is 10.4. The van der Waals surface area contributed by atoms with Crippen LogP contribution in [-0.4, -0.2) is 38.1 Å². The molecule has 0 bridgehead atoms. The molecular formula is C11H23NO2. The van der Waals surface area contributed by atoms with E-state index in [0.717, 1.165) is 0 Å². The molecule has 3 heteroatoms. The lowest BCUT2D eigenvalue weighted by atomic mass is 10.4. The topological polar surface area (TPSA) is 29.5 Å². The van der Waals surface area contributed by atoms with Crippen LogP contribution in [0.4, 0.5) is 0 Å². The summed E-state index contributed by atoms with van der Waals surface area (Å²) in [4.78, 5) is 12.6. The molecule has 0 aromatic rings. The molecule has 0 N–H and O–H groups in total. The Kier molecular flexibility index (Phi) is 11.4. The highest BCUT2D eigenvalue weighted by Crippen LogP contribution is 1.89. The first-order valence-corrected chi connectivity index (χ1v) is 4.93. The normalized spacial score (nSPS) is 9.00. The van der Waals surface area contributed by atoms with Crippen LogP contribution in [0.2, 0.25) is 0 Å². The van der Waals surface area contributed by atoms with Crippen LogP contribution >= 0.6 is 0 Å². The second kappa shape index (κ2) is 10.3. The molecule has 0 heterocycles. The summed E-state index contributed by atoms with van der Waals surface area (Å²) in [6.45, 7) is 10.6. The summed E-state index contributed by atoms with van der Waals surface area (Å²) < 4.78 is 4.56. The van der Waals surface area contributed by atoms with Crippen molar-refractivity contribution in [1.29, 1.82) is 0 Å². The summed E-state index contributed by atoms with van der Waals surface area (Å²) in [6, 6.07) is 0. The molecule has 0 amide bonds. The molecule has 0 spiro atoms. The van der Waals surface area contributed by atoms with Gasteiger partial charge in [0.15, 0.2) is 0 Å². The summed E-state index contributed by atoms with van der Waals surface area (Å²) in [7, 11) is 4.17. The lowest BCUT2D eigenvalue weighted by Gasteiger charge is -2.03. The van der Waals surface area contributed by atoms with Gasteiger partial charge in [-0.1, -0.05) is 13.5 Å². The Labute approximate surface area is 87.7 Å². The van der Waals surface area contributed by atoms with Crippen LogP contribution in [-0.2, 0) is 9.53 Å². The first kappa shape index (κ1) is 15.6. The molecule has 0 fully saturated rings. The van der Waals surface area contributed by atoms with Crippen LogP contribution in [0.1, 0.15) is 27.2 Å². The summed E-state index contributed by atoms with van der Waals surface area (Å²) in [5.41, 5.74) is 0.451. The SMILES string of the molecule is C=C(C)C(=O)OCC.CCCN(C)C. The van der Waals surface area contributed by atoms with Crippen molar-refractivity contribution < 1.29 is 9.53 Å². The third-order valence-corrected chi connectivity index (χ3v) is 1.29. The zero-order valence-corrected chi connectivity index (χ0v) is 10.1. The van der Waals surface area contributed by atoms with Crippen LogP contribution in [0.15, 0.2) is 12.2 Å². The summed E-state index contributed by atoms with van der Waals surface area (Å²) in [5.74, 6) is -0.312. The number of ether oxygens (including phenoxy) is 1. The Morgan fingerprint density at radius 1 is 1.36 bits per heavy atom. The van der Waals surface area contributed by atoms with E-state index in [1.807, 2.05) is 0 Å². The van der Waals surface area contributed by atoms with Crippen molar-refractivity contribution in [3.05, 3.63) is 12.2 Å². The van der Waals surface area contributed by atoms with E-state index in [1.165, 1.54) is 13.0 Å². The minimum atomic E-state index is -0.312. The van der Waals surface area contributed by atoms with Crippen LogP contribution in [0.3, 0.4) is 0 Å². The van der Waals surface area contributed by atoms with Crippen molar-refractivity contribution in [3.8, 4) is 0 Å². The lowest BCUT2D eigenvalue weighted by Crippen LogP contribution is -2.11. The van der Waals surface area contributed by atoms with Gasteiger partial charge in [0.2, 0.25) is 0 Å². The third-order valence-electron chi connectivity index (χ3n) is 1.29. The van der Waals surface area contributed by atoms with Crippen LogP contribution in [0.5, 0.6) is 0 Å². The Morgan fingerprint density at radius 3 is 1.93 bits per heavy atom.